The molecule has 3 aromatic rings. The third kappa shape index (κ3) is 3.40. The van der Waals surface area contributed by atoms with Gasteiger partial charge in [-0.1, -0.05) is 28.3 Å². The summed E-state index contributed by atoms with van der Waals surface area (Å²) in [7, 11) is 0. The summed E-state index contributed by atoms with van der Waals surface area (Å²) in [5.74, 6) is 2.41. The fourth-order valence-corrected chi connectivity index (χ4v) is 3.16. The van der Waals surface area contributed by atoms with Gasteiger partial charge in [-0.2, -0.15) is 0 Å². The fraction of sp³-hybridized carbons (Fsp3) is 0.250. The molecule has 0 spiro atoms. The summed E-state index contributed by atoms with van der Waals surface area (Å²) in [6.45, 7) is 2.51. The van der Waals surface area contributed by atoms with Crippen LogP contribution in [0.4, 0.5) is 5.13 Å². The molecule has 20 heavy (non-hydrogen) atoms. The average molecular weight is 308 g/mol. The number of anilines is 1. The number of rotatable bonds is 6. The van der Waals surface area contributed by atoms with E-state index in [0.717, 1.165) is 26.7 Å². The zero-order valence-electron chi connectivity index (χ0n) is 10.7. The lowest BCUT2D eigenvalue weighted by atomic mass is 10.4. The molecule has 0 fully saturated rings. The van der Waals surface area contributed by atoms with E-state index < -0.39 is 0 Å². The van der Waals surface area contributed by atoms with Crippen molar-refractivity contribution in [3.05, 3.63) is 41.7 Å². The molecule has 1 N–H and O–H groups in total. The van der Waals surface area contributed by atoms with Crippen molar-refractivity contribution in [1.82, 2.24) is 15.4 Å². The molecule has 3 aromatic heterocycles. The highest BCUT2D eigenvalue weighted by Crippen LogP contribution is 2.28. The molecule has 0 radical (unpaired) electrons. The normalized spacial score (nSPS) is 10.8. The summed E-state index contributed by atoms with van der Waals surface area (Å²) < 4.78 is 11.3. The Morgan fingerprint density at radius 3 is 3.05 bits per heavy atom. The van der Waals surface area contributed by atoms with Crippen molar-refractivity contribution in [1.29, 1.82) is 0 Å². The van der Waals surface area contributed by atoms with E-state index in [0.29, 0.717) is 12.3 Å². The van der Waals surface area contributed by atoms with Gasteiger partial charge < -0.3 is 14.3 Å². The second kappa shape index (κ2) is 6.10. The molecular formula is C12H12N4O2S2. The number of hydrogen-bond donors (Lipinski definition) is 1. The predicted octanol–water partition coefficient (Wildman–Crippen LogP) is 3.33. The first-order valence-corrected chi connectivity index (χ1v) is 7.74. The van der Waals surface area contributed by atoms with Gasteiger partial charge in [-0.3, -0.25) is 0 Å². The van der Waals surface area contributed by atoms with E-state index in [-0.39, 0.29) is 0 Å². The standard InChI is InChI=1S/C12H12N4O2S2/c1-8-5-10(18-16-8)7-19-12-15-14-11(20-12)13-6-9-3-2-4-17-9/h2-5H,6-7H2,1H3,(H,13,14). The Kier molecular flexibility index (Phi) is 4.03. The Labute approximate surface area is 123 Å². The second-order valence-electron chi connectivity index (χ2n) is 4.03. The first-order valence-electron chi connectivity index (χ1n) is 5.94. The SMILES string of the molecule is Cc1cc(CSc2nnc(NCc3ccco3)s2)on1. The Balaban J connectivity index is 1.51. The van der Waals surface area contributed by atoms with Gasteiger partial charge in [0, 0.05) is 6.07 Å². The van der Waals surface area contributed by atoms with Crippen molar-refractivity contribution in [2.45, 2.75) is 23.6 Å². The van der Waals surface area contributed by atoms with E-state index in [1.54, 1.807) is 18.0 Å². The average Bonchev–Trinajstić information content (AvgIpc) is 3.16. The van der Waals surface area contributed by atoms with E-state index in [1.807, 2.05) is 25.1 Å². The van der Waals surface area contributed by atoms with Gasteiger partial charge in [-0.15, -0.1) is 10.2 Å². The minimum Gasteiger partial charge on any atom is -0.467 e. The Hall–Kier alpha value is -1.80. The molecule has 0 aromatic carbocycles. The van der Waals surface area contributed by atoms with Crippen LogP contribution in [0.2, 0.25) is 0 Å². The van der Waals surface area contributed by atoms with Crippen LogP contribution in [0.1, 0.15) is 17.2 Å². The Bertz CT molecular complexity index is 663. The smallest absolute Gasteiger partial charge is 0.206 e. The van der Waals surface area contributed by atoms with Crippen molar-refractivity contribution in [3.63, 3.8) is 0 Å². The number of nitrogens with one attached hydrogen (secondary N) is 1. The molecule has 3 heterocycles. The molecule has 0 aliphatic heterocycles. The Morgan fingerprint density at radius 1 is 1.35 bits per heavy atom. The quantitative estimate of drug-likeness (QED) is 0.700. The first-order chi connectivity index (χ1) is 9.79. The zero-order chi connectivity index (χ0) is 13.8. The zero-order valence-corrected chi connectivity index (χ0v) is 12.3. The number of hydrogen-bond acceptors (Lipinski definition) is 8. The maximum absolute atomic E-state index is 5.24. The highest BCUT2D eigenvalue weighted by Gasteiger charge is 2.07. The van der Waals surface area contributed by atoms with Crippen LogP contribution in [0.25, 0.3) is 0 Å². The van der Waals surface area contributed by atoms with E-state index in [2.05, 4.69) is 20.7 Å². The molecule has 0 bridgehead atoms. The van der Waals surface area contributed by atoms with E-state index in [1.165, 1.54) is 11.3 Å². The molecule has 0 saturated heterocycles. The summed E-state index contributed by atoms with van der Waals surface area (Å²) in [6.07, 6.45) is 1.65. The summed E-state index contributed by atoms with van der Waals surface area (Å²) in [4.78, 5) is 0. The van der Waals surface area contributed by atoms with Crippen LogP contribution < -0.4 is 5.32 Å². The Morgan fingerprint density at radius 2 is 2.30 bits per heavy atom. The summed E-state index contributed by atoms with van der Waals surface area (Å²) in [6, 6.07) is 5.69. The van der Waals surface area contributed by atoms with Crippen LogP contribution in [0.15, 0.2) is 37.7 Å². The summed E-state index contributed by atoms with van der Waals surface area (Å²) >= 11 is 3.09. The molecule has 8 heteroatoms. The van der Waals surface area contributed by atoms with Crippen molar-refractivity contribution in [2.24, 2.45) is 0 Å². The van der Waals surface area contributed by atoms with Crippen molar-refractivity contribution >= 4 is 28.2 Å². The third-order valence-corrected chi connectivity index (χ3v) is 4.45. The van der Waals surface area contributed by atoms with Crippen LogP contribution in [0.3, 0.4) is 0 Å². The van der Waals surface area contributed by atoms with E-state index in [4.69, 9.17) is 8.94 Å². The largest absolute Gasteiger partial charge is 0.467 e. The molecule has 0 unspecified atom stereocenters. The second-order valence-corrected chi connectivity index (χ2v) is 6.23. The molecule has 3 rings (SSSR count). The monoisotopic (exact) mass is 308 g/mol. The lowest BCUT2D eigenvalue weighted by Crippen LogP contribution is -1.96. The topological polar surface area (TPSA) is 77.0 Å². The van der Waals surface area contributed by atoms with Gasteiger partial charge in [-0.05, 0) is 19.1 Å². The van der Waals surface area contributed by atoms with Gasteiger partial charge in [0.15, 0.2) is 4.34 Å². The minimum absolute atomic E-state index is 0.605. The van der Waals surface area contributed by atoms with Gasteiger partial charge >= 0.3 is 0 Å². The number of nitrogens with zero attached hydrogens (tertiary/aromatic N) is 3. The molecule has 104 valence electrons. The van der Waals surface area contributed by atoms with Gasteiger partial charge in [-0.25, -0.2) is 0 Å². The predicted molar refractivity (Wildman–Crippen MR) is 76.7 cm³/mol. The molecule has 0 atom stereocenters. The van der Waals surface area contributed by atoms with Crippen LogP contribution in [-0.2, 0) is 12.3 Å². The molecule has 0 aliphatic carbocycles. The molecule has 6 nitrogen and oxygen atoms in total. The van der Waals surface area contributed by atoms with E-state index in [9.17, 15) is 0 Å². The highest BCUT2D eigenvalue weighted by atomic mass is 32.2. The van der Waals surface area contributed by atoms with Crippen LogP contribution in [-0.4, -0.2) is 15.4 Å². The summed E-state index contributed by atoms with van der Waals surface area (Å²) in [5.41, 5.74) is 0.888. The number of furan rings is 1. The number of aromatic nitrogens is 3. The van der Waals surface area contributed by atoms with Crippen molar-refractivity contribution < 1.29 is 8.94 Å². The maximum Gasteiger partial charge on any atom is 0.206 e. The molecule has 0 aliphatic rings. The lowest BCUT2D eigenvalue weighted by Gasteiger charge is -1.96. The molecular weight excluding hydrogens is 296 g/mol. The molecule has 0 amide bonds. The van der Waals surface area contributed by atoms with Crippen molar-refractivity contribution in [3.8, 4) is 0 Å². The number of thioether (sulfide) groups is 1. The van der Waals surface area contributed by atoms with Crippen LogP contribution in [0.5, 0.6) is 0 Å². The fourth-order valence-electron chi connectivity index (χ4n) is 1.53. The van der Waals surface area contributed by atoms with Crippen molar-refractivity contribution in [2.75, 3.05) is 5.32 Å². The minimum atomic E-state index is 0.605. The first kappa shape index (κ1) is 13.2. The van der Waals surface area contributed by atoms with Crippen LogP contribution >= 0.6 is 23.1 Å². The van der Waals surface area contributed by atoms with Crippen LogP contribution in [0, 0.1) is 6.92 Å². The maximum atomic E-state index is 5.24. The third-order valence-electron chi connectivity index (χ3n) is 2.42. The van der Waals surface area contributed by atoms with Gasteiger partial charge in [0.2, 0.25) is 5.13 Å². The number of aryl methyl sites for hydroxylation is 1. The summed E-state index contributed by atoms with van der Waals surface area (Å²) in [5, 5.41) is 16.0. The van der Waals surface area contributed by atoms with Gasteiger partial charge in [0.1, 0.15) is 11.5 Å². The molecule has 0 saturated carbocycles. The highest BCUT2D eigenvalue weighted by molar-refractivity contribution is 8.00. The lowest BCUT2D eigenvalue weighted by molar-refractivity contribution is 0.391. The van der Waals surface area contributed by atoms with Gasteiger partial charge in [0.05, 0.1) is 24.3 Å². The van der Waals surface area contributed by atoms with Gasteiger partial charge in [0.25, 0.3) is 0 Å². The van der Waals surface area contributed by atoms with E-state index >= 15 is 0 Å².